The van der Waals surface area contributed by atoms with Gasteiger partial charge in [-0.15, -0.1) is 11.3 Å². The van der Waals surface area contributed by atoms with Crippen molar-refractivity contribution < 1.29 is 13.9 Å². The SMILES string of the molecule is Cc1ccc(Oc2ccc(C(=O)Nc3nc(C)c(C)s3)o2)cc1. The summed E-state index contributed by atoms with van der Waals surface area (Å²) in [6.45, 7) is 5.87. The number of thiazole rings is 1. The van der Waals surface area contributed by atoms with E-state index in [0.29, 0.717) is 10.9 Å². The number of aryl methyl sites for hydroxylation is 3. The summed E-state index contributed by atoms with van der Waals surface area (Å²) in [5.41, 5.74) is 2.05. The standard InChI is InChI=1S/C17H16N2O3S/c1-10-4-6-13(7-5-10)21-15-9-8-14(22-15)16(20)19-17-18-11(2)12(3)23-17/h4-9H,1-3H3,(H,18,19,20). The fraction of sp³-hybridized carbons (Fsp3) is 0.176. The van der Waals surface area contributed by atoms with E-state index in [9.17, 15) is 4.79 Å². The molecule has 1 aromatic carbocycles. The Balaban J connectivity index is 1.68. The fourth-order valence-corrected chi connectivity index (χ4v) is 2.71. The Labute approximate surface area is 137 Å². The van der Waals surface area contributed by atoms with Crippen LogP contribution in [0.1, 0.15) is 26.7 Å². The number of anilines is 1. The lowest BCUT2D eigenvalue weighted by Crippen LogP contribution is -2.10. The number of hydrogen-bond acceptors (Lipinski definition) is 5. The van der Waals surface area contributed by atoms with Gasteiger partial charge in [0.15, 0.2) is 10.9 Å². The minimum Gasteiger partial charge on any atom is -0.426 e. The molecular weight excluding hydrogens is 312 g/mol. The average Bonchev–Trinajstić information content (AvgIpc) is 3.09. The highest BCUT2D eigenvalue weighted by atomic mass is 32.1. The monoisotopic (exact) mass is 328 g/mol. The molecule has 0 saturated heterocycles. The van der Waals surface area contributed by atoms with Gasteiger partial charge in [-0.1, -0.05) is 17.7 Å². The Morgan fingerprint density at radius 1 is 1.13 bits per heavy atom. The highest BCUT2D eigenvalue weighted by molar-refractivity contribution is 7.15. The van der Waals surface area contributed by atoms with Crippen molar-refractivity contribution in [3.05, 3.63) is 58.3 Å². The smallest absolute Gasteiger partial charge is 0.293 e. The van der Waals surface area contributed by atoms with Gasteiger partial charge in [0.2, 0.25) is 0 Å². The molecule has 0 bridgehead atoms. The Morgan fingerprint density at radius 3 is 2.52 bits per heavy atom. The maximum Gasteiger partial charge on any atom is 0.293 e. The number of carbonyl (C=O) groups is 1. The molecule has 5 nitrogen and oxygen atoms in total. The lowest BCUT2D eigenvalue weighted by Gasteiger charge is -2.02. The molecule has 2 heterocycles. The first-order valence-electron chi connectivity index (χ1n) is 7.11. The number of benzene rings is 1. The van der Waals surface area contributed by atoms with Crippen molar-refractivity contribution >= 4 is 22.4 Å². The number of nitrogens with zero attached hydrogens (tertiary/aromatic N) is 1. The number of amides is 1. The second kappa shape index (κ2) is 6.26. The average molecular weight is 328 g/mol. The first-order chi connectivity index (χ1) is 11.0. The van der Waals surface area contributed by atoms with Crippen molar-refractivity contribution in [2.75, 3.05) is 5.32 Å². The predicted molar refractivity (Wildman–Crippen MR) is 89.5 cm³/mol. The Bertz CT molecular complexity index is 814. The number of rotatable bonds is 4. The lowest BCUT2D eigenvalue weighted by molar-refractivity contribution is 0.0992. The molecule has 2 aromatic heterocycles. The van der Waals surface area contributed by atoms with Crippen LogP contribution in [0.2, 0.25) is 0 Å². The van der Waals surface area contributed by atoms with Crippen molar-refractivity contribution in [2.45, 2.75) is 20.8 Å². The van der Waals surface area contributed by atoms with Gasteiger partial charge in [-0.05, 0) is 39.0 Å². The van der Waals surface area contributed by atoms with E-state index in [0.717, 1.165) is 16.1 Å². The Hall–Kier alpha value is -2.60. The van der Waals surface area contributed by atoms with E-state index in [2.05, 4.69) is 10.3 Å². The fourth-order valence-electron chi connectivity index (χ4n) is 1.90. The largest absolute Gasteiger partial charge is 0.426 e. The van der Waals surface area contributed by atoms with Crippen LogP contribution in [0.5, 0.6) is 11.7 Å². The molecule has 0 saturated carbocycles. The summed E-state index contributed by atoms with van der Waals surface area (Å²) in [7, 11) is 0. The number of nitrogens with one attached hydrogen (secondary N) is 1. The van der Waals surface area contributed by atoms with Crippen molar-refractivity contribution in [3.63, 3.8) is 0 Å². The molecule has 118 valence electrons. The van der Waals surface area contributed by atoms with Crippen LogP contribution in [0.15, 0.2) is 40.8 Å². The summed E-state index contributed by atoms with van der Waals surface area (Å²) < 4.78 is 11.0. The third kappa shape index (κ3) is 3.60. The number of ether oxygens (including phenoxy) is 1. The third-order valence-electron chi connectivity index (χ3n) is 3.29. The highest BCUT2D eigenvalue weighted by Gasteiger charge is 2.15. The molecule has 0 aliphatic carbocycles. The van der Waals surface area contributed by atoms with Gasteiger partial charge in [0.1, 0.15) is 5.75 Å². The molecule has 1 amide bonds. The quantitative estimate of drug-likeness (QED) is 0.753. The van der Waals surface area contributed by atoms with Crippen molar-refractivity contribution in [1.29, 1.82) is 0 Å². The van der Waals surface area contributed by atoms with Gasteiger partial charge in [-0.25, -0.2) is 4.98 Å². The van der Waals surface area contributed by atoms with Gasteiger partial charge in [0.25, 0.3) is 11.9 Å². The van der Waals surface area contributed by atoms with Crippen LogP contribution in [0.4, 0.5) is 5.13 Å². The number of carbonyl (C=O) groups excluding carboxylic acids is 1. The predicted octanol–water partition coefficient (Wildman–Crippen LogP) is 4.71. The minimum atomic E-state index is -0.350. The summed E-state index contributed by atoms with van der Waals surface area (Å²) in [4.78, 5) is 17.5. The van der Waals surface area contributed by atoms with E-state index >= 15 is 0 Å². The van der Waals surface area contributed by atoms with Gasteiger partial charge >= 0.3 is 0 Å². The molecule has 1 N–H and O–H groups in total. The van der Waals surface area contributed by atoms with Crippen LogP contribution < -0.4 is 10.1 Å². The summed E-state index contributed by atoms with van der Waals surface area (Å²) in [5, 5.41) is 3.28. The van der Waals surface area contributed by atoms with Gasteiger partial charge in [-0.3, -0.25) is 10.1 Å². The normalized spacial score (nSPS) is 10.6. The zero-order chi connectivity index (χ0) is 16.4. The van der Waals surface area contributed by atoms with Crippen LogP contribution >= 0.6 is 11.3 Å². The van der Waals surface area contributed by atoms with Gasteiger partial charge < -0.3 is 9.15 Å². The molecule has 23 heavy (non-hydrogen) atoms. The first-order valence-corrected chi connectivity index (χ1v) is 7.92. The van der Waals surface area contributed by atoms with E-state index < -0.39 is 0 Å². The van der Waals surface area contributed by atoms with Crippen molar-refractivity contribution in [1.82, 2.24) is 4.98 Å². The van der Waals surface area contributed by atoms with Crippen LogP contribution in [-0.2, 0) is 0 Å². The van der Waals surface area contributed by atoms with E-state index in [4.69, 9.17) is 9.15 Å². The Morgan fingerprint density at radius 2 is 1.87 bits per heavy atom. The topological polar surface area (TPSA) is 64.4 Å². The molecule has 6 heteroatoms. The zero-order valence-corrected chi connectivity index (χ0v) is 13.9. The van der Waals surface area contributed by atoms with Crippen molar-refractivity contribution in [3.8, 4) is 11.7 Å². The maximum absolute atomic E-state index is 12.2. The summed E-state index contributed by atoms with van der Waals surface area (Å²) >= 11 is 1.43. The number of hydrogen-bond donors (Lipinski definition) is 1. The second-order valence-corrected chi connectivity index (χ2v) is 6.35. The van der Waals surface area contributed by atoms with Crippen LogP contribution in [-0.4, -0.2) is 10.9 Å². The maximum atomic E-state index is 12.2. The molecule has 3 aromatic rings. The molecular formula is C17H16N2O3S. The molecule has 0 aliphatic heterocycles. The van der Waals surface area contributed by atoms with E-state index in [1.807, 2.05) is 45.0 Å². The van der Waals surface area contributed by atoms with Crippen LogP contribution in [0.3, 0.4) is 0 Å². The van der Waals surface area contributed by atoms with Crippen molar-refractivity contribution in [2.24, 2.45) is 0 Å². The summed E-state index contributed by atoms with van der Waals surface area (Å²) in [6.07, 6.45) is 0. The molecule has 0 fully saturated rings. The highest BCUT2D eigenvalue weighted by Crippen LogP contribution is 2.25. The molecule has 0 radical (unpaired) electrons. The van der Waals surface area contributed by atoms with Crippen LogP contribution in [0, 0.1) is 20.8 Å². The molecule has 0 aliphatic rings. The van der Waals surface area contributed by atoms with Gasteiger partial charge in [0.05, 0.1) is 5.69 Å². The molecule has 0 spiro atoms. The number of aromatic nitrogens is 1. The van der Waals surface area contributed by atoms with Gasteiger partial charge in [-0.2, -0.15) is 0 Å². The van der Waals surface area contributed by atoms with Gasteiger partial charge in [0, 0.05) is 10.9 Å². The third-order valence-corrected chi connectivity index (χ3v) is 4.28. The summed E-state index contributed by atoms with van der Waals surface area (Å²) in [5.74, 6) is 0.753. The molecule has 3 rings (SSSR count). The molecule has 0 unspecified atom stereocenters. The van der Waals surface area contributed by atoms with E-state index in [1.165, 1.54) is 11.3 Å². The Kier molecular flexibility index (Phi) is 4.16. The first kappa shape index (κ1) is 15.3. The summed E-state index contributed by atoms with van der Waals surface area (Å²) in [6, 6.07) is 10.8. The number of furan rings is 1. The molecule has 0 atom stereocenters. The minimum absolute atomic E-state index is 0.178. The second-order valence-electron chi connectivity index (χ2n) is 5.15. The van der Waals surface area contributed by atoms with Crippen LogP contribution in [0.25, 0.3) is 0 Å². The van der Waals surface area contributed by atoms with E-state index in [-0.39, 0.29) is 17.6 Å². The van der Waals surface area contributed by atoms with E-state index in [1.54, 1.807) is 12.1 Å². The lowest BCUT2D eigenvalue weighted by atomic mass is 10.2. The zero-order valence-electron chi connectivity index (χ0n) is 13.0.